The van der Waals surface area contributed by atoms with Crippen LogP contribution in [-0.2, 0) is 9.53 Å². The Balaban J connectivity index is 2.29. The van der Waals surface area contributed by atoms with Gasteiger partial charge in [-0.2, -0.15) is 0 Å². The van der Waals surface area contributed by atoms with E-state index >= 15 is 0 Å². The highest BCUT2D eigenvalue weighted by atomic mass is 16.5. The SMILES string of the molecule is C=C1C(=O)O[C@@H]2/C=C(/C)[C@H](O)C/C=C(/C)CC[C@H]12. The molecule has 0 aromatic heterocycles. The molecule has 1 aliphatic heterocycles. The fourth-order valence-corrected chi connectivity index (χ4v) is 2.47. The zero-order valence-corrected chi connectivity index (χ0v) is 11.0. The van der Waals surface area contributed by atoms with E-state index in [0.717, 1.165) is 18.4 Å². The number of esters is 1. The molecular weight excluding hydrogens is 228 g/mol. The number of ether oxygens (including phenoxy) is 1. The number of hydrogen-bond donors (Lipinski definition) is 1. The van der Waals surface area contributed by atoms with Crippen molar-refractivity contribution in [1.82, 2.24) is 0 Å². The van der Waals surface area contributed by atoms with Crippen LogP contribution in [0.15, 0.2) is 35.5 Å². The van der Waals surface area contributed by atoms with Crippen LogP contribution in [0, 0.1) is 5.92 Å². The van der Waals surface area contributed by atoms with Gasteiger partial charge >= 0.3 is 5.97 Å². The van der Waals surface area contributed by atoms with Crippen molar-refractivity contribution < 1.29 is 14.6 Å². The first-order valence-electron chi connectivity index (χ1n) is 6.41. The van der Waals surface area contributed by atoms with Gasteiger partial charge in [0.25, 0.3) is 0 Å². The summed E-state index contributed by atoms with van der Waals surface area (Å²) in [5, 5.41) is 9.99. The first-order chi connectivity index (χ1) is 8.49. The largest absolute Gasteiger partial charge is 0.454 e. The minimum absolute atomic E-state index is 0.0427. The zero-order chi connectivity index (χ0) is 13.3. The Bertz CT molecular complexity index is 431. The molecule has 1 N–H and O–H groups in total. The molecule has 0 radical (unpaired) electrons. The first kappa shape index (κ1) is 13.1. The number of allylic oxidation sites excluding steroid dienone is 1. The monoisotopic (exact) mass is 248 g/mol. The van der Waals surface area contributed by atoms with Gasteiger partial charge in [0.2, 0.25) is 0 Å². The second kappa shape index (κ2) is 5.11. The second-order valence-corrected chi connectivity index (χ2v) is 5.25. The van der Waals surface area contributed by atoms with E-state index in [-0.39, 0.29) is 18.0 Å². The van der Waals surface area contributed by atoms with Crippen molar-refractivity contribution in [3.05, 3.63) is 35.5 Å². The molecule has 1 fully saturated rings. The van der Waals surface area contributed by atoms with Crippen molar-refractivity contribution >= 4 is 5.97 Å². The molecule has 1 saturated heterocycles. The highest BCUT2D eigenvalue weighted by Gasteiger charge is 2.37. The van der Waals surface area contributed by atoms with Gasteiger partial charge in [-0.05, 0) is 44.8 Å². The van der Waals surface area contributed by atoms with E-state index in [1.165, 1.54) is 5.57 Å². The van der Waals surface area contributed by atoms with Gasteiger partial charge in [-0.3, -0.25) is 0 Å². The average Bonchev–Trinajstić information content (AvgIpc) is 2.59. The average molecular weight is 248 g/mol. The fraction of sp³-hybridized carbons (Fsp3) is 0.533. The molecule has 18 heavy (non-hydrogen) atoms. The second-order valence-electron chi connectivity index (χ2n) is 5.25. The number of carbonyl (C=O) groups excluding carboxylic acids is 1. The summed E-state index contributed by atoms with van der Waals surface area (Å²) in [5.74, 6) is -0.259. The van der Waals surface area contributed by atoms with Gasteiger partial charge in [-0.25, -0.2) is 4.79 Å². The molecule has 0 amide bonds. The van der Waals surface area contributed by atoms with Crippen LogP contribution in [0.3, 0.4) is 0 Å². The maximum Gasteiger partial charge on any atom is 0.334 e. The fourth-order valence-electron chi connectivity index (χ4n) is 2.47. The van der Waals surface area contributed by atoms with E-state index in [1.54, 1.807) is 0 Å². The summed E-state index contributed by atoms with van der Waals surface area (Å²) in [4.78, 5) is 11.6. The number of fused-ring (bicyclic) bond motifs is 1. The predicted molar refractivity (Wildman–Crippen MR) is 69.9 cm³/mol. The molecule has 3 heteroatoms. The minimum atomic E-state index is -0.494. The molecule has 0 saturated carbocycles. The van der Waals surface area contributed by atoms with Crippen molar-refractivity contribution in [2.45, 2.75) is 45.3 Å². The molecule has 2 rings (SSSR count). The van der Waals surface area contributed by atoms with Crippen LogP contribution in [0.2, 0.25) is 0 Å². The number of hydrogen-bond acceptors (Lipinski definition) is 3. The number of aliphatic hydroxyl groups excluding tert-OH is 1. The molecule has 98 valence electrons. The van der Waals surface area contributed by atoms with Crippen LogP contribution in [0.1, 0.15) is 33.1 Å². The van der Waals surface area contributed by atoms with Crippen molar-refractivity contribution in [2.75, 3.05) is 0 Å². The summed E-state index contributed by atoms with van der Waals surface area (Å²) in [5.41, 5.74) is 2.67. The van der Waals surface area contributed by atoms with E-state index in [2.05, 4.69) is 19.6 Å². The van der Waals surface area contributed by atoms with Crippen LogP contribution >= 0.6 is 0 Å². The summed E-state index contributed by atoms with van der Waals surface area (Å²) in [6.07, 6.45) is 5.61. The lowest BCUT2D eigenvalue weighted by Gasteiger charge is -2.19. The van der Waals surface area contributed by atoms with Gasteiger partial charge in [0, 0.05) is 11.5 Å². The van der Waals surface area contributed by atoms with Crippen LogP contribution in [0.4, 0.5) is 0 Å². The Labute approximate surface area is 108 Å². The van der Waals surface area contributed by atoms with Crippen LogP contribution in [-0.4, -0.2) is 23.3 Å². The Morgan fingerprint density at radius 1 is 1.44 bits per heavy atom. The standard InChI is InChI=1S/C15H20O3/c1-9-4-6-12-11(3)15(17)18-14(12)8-10(2)13(16)7-5-9/h5,8,12-14,16H,3-4,6-7H2,1-2H3/b9-5-,10-8-/t12-,13-,14-/m1/s1. The quantitative estimate of drug-likeness (QED) is 0.407. The van der Waals surface area contributed by atoms with Crippen molar-refractivity contribution in [2.24, 2.45) is 5.92 Å². The highest BCUT2D eigenvalue weighted by Crippen LogP contribution is 2.34. The van der Waals surface area contributed by atoms with E-state index < -0.39 is 6.10 Å². The highest BCUT2D eigenvalue weighted by molar-refractivity contribution is 5.91. The van der Waals surface area contributed by atoms with E-state index in [4.69, 9.17) is 4.74 Å². The summed E-state index contributed by atoms with van der Waals surface area (Å²) in [6.45, 7) is 7.76. The smallest absolute Gasteiger partial charge is 0.334 e. The molecule has 0 aromatic rings. The van der Waals surface area contributed by atoms with Crippen molar-refractivity contribution in [3.63, 3.8) is 0 Å². The third-order valence-electron chi connectivity index (χ3n) is 3.84. The van der Waals surface area contributed by atoms with Gasteiger partial charge in [-0.1, -0.05) is 18.2 Å². The summed E-state index contributed by atoms with van der Waals surface area (Å²) >= 11 is 0. The topological polar surface area (TPSA) is 46.5 Å². The maximum absolute atomic E-state index is 11.6. The molecule has 2 aliphatic rings. The van der Waals surface area contributed by atoms with Gasteiger partial charge in [-0.15, -0.1) is 0 Å². The maximum atomic E-state index is 11.6. The number of rotatable bonds is 0. The third kappa shape index (κ3) is 2.56. The summed E-state index contributed by atoms with van der Waals surface area (Å²) in [7, 11) is 0. The zero-order valence-electron chi connectivity index (χ0n) is 11.0. The Morgan fingerprint density at radius 3 is 2.89 bits per heavy atom. The molecule has 3 nitrogen and oxygen atoms in total. The molecule has 1 aliphatic carbocycles. The first-order valence-corrected chi connectivity index (χ1v) is 6.41. The van der Waals surface area contributed by atoms with E-state index in [1.807, 2.05) is 13.0 Å². The summed E-state index contributed by atoms with van der Waals surface area (Å²) in [6, 6.07) is 0. The normalized spacial score (nSPS) is 39.2. The number of aliphatic hydroxyl groups is 1. The Kier molecular flexibility index (Phi) is 3.71. The Hall–Kier alpha value is -1.35. The number of carbonyl (C=O) groups is 1. The van der Waals surface area contributed by atoms with E-state index in [0.29, 0.717) is 12.0 Å². The van der Waals surface area contributed by atoms with Crippen LogP contribution in [0.5, 0.6) is 0 Å². The van der Waals surface area contributed by atoms with Crippen molar-refractivity contribution in [3.8, 4) is 0 Å². The lowest BCUT2D eigenvalue weighted by molar-refractivity contribution is -0.137. The molecule has 0 bridgehead atoms. The lowest BCUT2D eigenvalue weighted by Crippen LogP contribution is -2.18. The molecule has 0 unspecified atom stereocenters. The molecule has 1 heterocycles. The molecule has 0 spiro atoms. The Morgan fingerprint density at radius 2 is 2.17 bits per heavy atom. The van der Waals surface area contributed by atoms with Gasteiger partial charge in [0.1, 0.15) is 6.10 Å². The third-order valence-corrected chi connectivity index (χ3v) is 3.84. The molecular formula is C15H20O3. The van der Waals surface area contributed by atoms with Crippen LogP contribution < -0.4 is 0 Å². The van der Waals surface area contributed by atoms with E-state index in [9.17, 15) is 9.90 Å². The van der Waals surface area contributed by atoms with Crippen molar-refractivity contribution in [1.29, 1.82) is 0 Å². The molecule has 3 atom stereocenters. The van der Waals surface area contributed by atoms with Gasteiger partial charge in [0.15, 0.2) is 0 Å². The minimum Gasteiger partial charge on any atom is -0.454 e. The molecule has 0 aromatic carbocycles. The van der Waals surface area contributed by atoms with Gasteiger partial charge < -0.3 is 9.84 Å². The van der Waals surface area contributed by atoms with Crippen LogP contribution in [0.25, 0.3) is 0 Å². The lowest BCUT2D eigenvalue weighted by atomic mass is 9.88. The van der Waals surface area contributed by atoms with Gasteiger partial charge in [0.05, 0.1) is 6.10 Å². The predicted octanol–water partition coefficient (Wildman–Crippen LogP) is 2.52. The summed E-state index contributed by atoms with van der Waals surface area (Å²) < 4.78 is 5.32.